The molecule has 36 heavy (non-hydrogen) atoms. The number of benzene rings is 3. The minimum absolute atomic E-state index is 0.0357. The molecule has 1 saturated heterocycles. The first kappa shape index (κ1) is 25.7. The Morgan fingerprint density at radius 1 is 0.833 bits per heavy atom. The highest BCUT2D eigenvalue weighted by molar-refractivity contribution is 7.89. The van der Waals surface area contributed by atoms with Crippen LogP contribution in [0.1, 0.15) is 11.1 Å². The predicted octanol–water partition coefficient (Wildman–Crippen LogP) is 4.25. The Balaban J connectivity index is 1.46. The second-order valence-corrected chi connectivity index (χ2v) is 10.4. The maximum absolute atomic E-state index is 13.4. The third-order valence-electron chi connectivity index (χ3n) is 6.07. The molecular weight excluding hydrogens is 491 g/mol. The molecule has 1 aliphatic heterocycles. The van der Waals surface area contributed by atoms with E-state index in [-0.39, 0.29) is 37.0 Å². The molecule has 0 aliphatic carbocycles. The zero-order chi connectivity index (χ0) is 25.8. The Hall–Kier alpha value is -3.37. The molecule has 0 spiro atoms. The molecule has 1 heterocycles. The monoisotopic (exact) mass is 517 g/mol. The number of piperazine rings is 1. The van der Waals surface area contributed by atoms with Crippen molar-refractivity contribution in [3.05, 3.63) is 96.1 Å². The van der Waals surface area contributed by atoms with E-state index in [2.05, 4.69) is 0 Å². The van der Waals surface area contributed by atoms with Crippen molar-refractivity contribution in [1.82, 2.24) is 9.21 Å². The molecule has 0 N–H and O–H groups in total. The molecular formula is C26H26F3N3O3S. The summed E-state index contributed by atoms with van der Waals surface area (Å²) in [6.07, 6.45) is -4.43. The summed E-state index contributed by atoms with van der Waals surface area (Å²) in [4.78, 5) is 16.6. The molecule has 6 nitrogen and oxygen atoms in total. The van der Waals surface area contributed by atoms with Gasteiger partial charge in [0.25, 0.3) is 0 Å². The maximum atomic E-state index is 13.4. The van der Waals surface area contributed by atoms with Crippen molar-refractivity contribution in [2.75, 3.05) is 37.6 Å². The number of sulfonamides is 1. The van der Waals surface area contributed by atoms with Gasteiger partial charge in [0.1, 0.15) is 0 Å². The van der Waals surface area contributed by atoms with Gasteiger partial charge in [-0.3, -0.25) is 4.79 Å². The molecule has 4 rings (SSSR count). The van der Waals surface area contributed by atoms with Crippen LogP contribution in [0, 0.1) is 0 Å². The Labute approximate surface area is 208 Å². The van der Waals surface area contributed by atoms with E-state index in [4.69, 9.17) is 0 Å². The highest BCUT2D eigenvalue weighted by Gasteiger charge is 2.32. The molecule has 0 atom stereocenters. The smallest absolute Gasteiger partial charge is 0.368 e. The van der Waals surface area contributed by atoms with E-state index in [1.165, 1.54) is 22.5 Å². The topological polar surface area (TPSA) is 60.9 Å². The summed E-state index contributed by atoms with van der Waals surface area (Å²) in [5.74, 6) is -0.353. The van der Waals surface area contributed by atoms with Gasteiger partial charge in [-0.05, 0) is 35.9 Å². The second-order valence-electron chi connectivity index (χ2n) is 8.49. The lowest BCUT2D eigenvalue weighted by Gasteiger charge is -2.37. The van der Waals surface area contributed by atoms with Crippen LogP contribution in [0.5, 0.6) is 0 Å². The maximum Gasteiger partial charge on any atom is 0.416 e. The molecule has 3 aromatic rings. The number of carbonyl (C=O) groups excluding carboxylic acids is 1. The van der Waals surface area contributed by atoms with Gasteiger partial charge in [0.05, 0.1) is 17.0 Å². The fraction of sp³-hybridized carbons (Fsp3) is 0.269. The third-order valence-corrected chi connectivity index (χ3v) is 7.87. The van der Waals surface area contributed by atoms with Gasteiger partial charge in [0.2, 0.25) is 15.9 Å². The number of amides is 1. The summed E-state index contributed by atoms with van der Waals surface area (Å²) in [7, 11) is -3.94. The number of halogens is 3. The average Bonchev–Trinajstić information content (AvgIpc) is 2.89. The summed E-state index contributed by atoms with van der Waals surface area (Å²) >= 11 is 0. The Kier molecular flexibility index (Phi) is 7.65. The number of alkyl halides is 3. The minimum atomic E-state index is -4.43. The predicted molar refractivity (Wildman–Crippen MR) is 131 cm³/mol. The summed E-state index contributed by atoms with van der Waals surface area (Å²) in [5.41, 5.74) is 0.467. The number of hydrogen-bond acceptors (Lipinski definition) is 4. The molecule has 0 saturated carbocycles. The SMILES string of the molecule is O=C(CN(Cc1ccccc1)S(=O)(=O)c1ccccc1)N1CCN(c2cccc(C(F)(F)F)c2)CC1. The average molecular weight is 518 g/mol. The lowest BCUT2D eigenvalue weighted by atomic mass is 10.1. The van der Waals surface area contributed by atoms with Gasteiger partial charge >= 0.3 is 6.18 Å². The van der Waals surface area contributed by atoms with Crippen LogP contribution < -0.4 is 4.90 Å². The van der Waals surface area contributed by atoms with E-state index in [0.717, 1.165) is 17.7 Å². The summed E-state index contributed by atoms with van der Waals surface area (Å²) in [5, 5.41) is 0. The van der Waals surface area contributed by atoms with E-state index in [0.29, 0.717) is 18.8 Å². The lowest BCUT2D eigenvalue weighted by Crippen LogP contribution is -2.51. The van der Waals surface area contributed by atoms with Crippen LogP contribution in [0.4, 0.5) is 18.9 Å². The molecule has 0 aromatic heterocycles. The van der Waals surface area contributed by atoms with E-state index in [1.54, 1.807) is 58.3 Å². The van der Waals surface area contributed by atoms with Gasteiger partial charge in [0.15, 0.2) is 0 Å². The fourth-order valence-electron chi connectivity index (χ4n) is 4.10. The van der Waals surface area contributed by atoms with Crippen LogP contribution in [-0.4, -0.2) is 56.3 Å². The molecule has 0 unspecified atom stereocenters. The van der Waals surface area contributed by atoms with Crippen molar-refractivity contribution < 1.29 is 26.4 Å². The molecule has 190 valence electrons. The Morgan fingerprint density at radius 3 is 2.06 bits per heavy atom. The summed E-state index contributed by atoms with van der Waals surface area (Å²) < 4.78 is 67.1. The minimum Gasteiger partial charge on any atom is -0.368 e. The number of rotatable bonds is 7. The molecule has 1 amide bonds. The van der Waals surface area contributed by atoms with E-state index in [1.807, 2.05) is 6.07 Å². The Bertz CT molecular complexity index is 1280. The molecule has 1 aliphatic rings. The quantitative estimate of drug-likeness (QED) is 0.470. The number of carbonyl (C=O) groups is 1. The first-order valence-corrected chi connectivity index (χ1v) is 12.9. The van der Waals surface area contributed by atoms with Crippen LogP contribution in [0.25, 0.3) is 0 Å². The normalized spacial score (nSPS) is 14.8. The number of anilines is 1. The van der Waals surface area contributed by atoms with Gasteiger partial charge in [0, 0.05) is 38.4 Å². The number of hydrogen-bond donors (Lipinski definition) is 0. The Morgan fingerprint density at radius 2 is 1.44 bits per heavy atom. The van der Waals surface area contributed by atoms with Crippen LogP contribution in [0.2, 0.25) is 0 Å². The van der Waals surface area contributed by atoms with Crippen molar-refractivity contribution in [2.45, 2.75) is 17.6 Å². The molecule has 0 radical (unpaired) electrons. The largest absolute Gasteiger partial charge is 0.416 e. The van der Waals surface area contributed by atoms with E-state index in [9.17, 15) is 26.4 Å². The van der Waals surface area contributed by atoms with Gasteiger partial charge in [-0.1, -0.05) is 54.6 Å². The number of nitrogens with zero attached hydrogens (tertiary/aromatic N) is 3. The highest BCUT2D eigenvalue weighted by atomic mass is 32.2. The summed E-state index contributed by atoms with van der Waals surface area (Å²) in [6.45, 7) is 0.942. The zero-order valence-corrected chi connectivity index (χ0v) is 20.3. The van der Waals surface area contributed by atoms with Crippen LogP contribution in [0.3, 0.4) is 0 Å². The first-order valence-electron chi connectivity index (χ1n) is 11.4. The second kappa shape index (κ2) is 10.7. The van der Waals surface area contributed by atoms with E-state index < -0.39 is 21.8 Å². The first-order chi connectivity index (χ1) is 17.1. The summed E-state index contributed by atoms with van der Waals surface area (Å²) in [6, 6.07) is 22.1. The zero-order valence-electron chi connectivity index (χ0n) is 19.4. The van der Waals surface area contributed by atoms with Gasteiger partial charge in [-0.2, -0.15) is 17.5 Å². The fourth-order valence-corrected chi connectivity index (χ4v) is 5.50. The molecule has 0 bridgehead atoms. The molecule has 1 fully saturated rings. The van der Waals surface area contributed by atoms with Crippen molar-refractivity contribution in [2.24, 2.45) is 0 Å². The van der Waals surface area contributed by atoms with Crippen LogP contribution in [-0.2, 0) is 27.5 Å². The van der Waals surface area contributed by atoms with Crippen molar-refractivity contribution in [1.29, 1.82) is 0 Å². The molecule has 10 heteroatoms. The van der Waals surface area contributed by atoms with Crippen molar-refractivity contribution in [3.63, 3.8) is 0 Å². The lowest BCUT2D eigenvalue weighted by molar-refractivity contribution is -0.137. The van der Waals surface area contributed by atoms with Crippen molar-refractivity contribution >= 4 is 21.6 Å². The van der Waals surface area contributed by atoms with Crippen LogP contribution in [0.15, 0.2) is 89.8 Å². The van der Waals surface area contributed by atoms with Gasteiger partial charge < -0.3 is 9.80 Å². The van der Waals surface area contributed by atoms with E-state index >= 15 is 0 Å². The standard InChI is InChI=1S/C26H26F3N3O3S/c27-26(28,29)22-10-7-11-23(18-22)30-14-16-31(17-15-30)25(33)20-32(19-21-8-3-1-4-9-21)36(34,35)24-12-5-2-6-13-24/h1-13,18H,14-17,19-20H2. The van der Waals surface area contributed by atoms with Crippen molar-refractivity contribution in [3.8, 4) is 0 Å². The van der Waals surface area contributed by atoms with Gasteiger partial charge in [-0.15, -0.1) is 0 Å². The highest BCUT2D eigenvalue weighted by Crippen LogP contribution is 2.32. The van der Waals surface area contributed by atoms with Gasteiger partial charge in [-0.25, -0.2) is 8.42 Å². The molecule has 3 aromatic carbocycles. The third kappa shape index (κ3) is 6.06. The van der Waals surface area contributed by atoms with Crippen LogP contribution >= 0.6 is 0 Å².